The number of allylic oxidation sites excluding steroid dienone is 1. The molecule has 1 fully saturated rings. The second kappa shape index (κ2) is 4.17. The molecule has 1 nitrogen and oxygen atoms in total. The van der Waals surface area contributed by atoms with Gasteiger partial charge >= 0.3 is 0 Å². The first-order valence-corrected chi connectivity index (χ1v) is 5.42. The van der Waals surface area contributed by atoms with Gasteiger partial charge in [-0.05, 0) is 31.1 Å². The molecule has 1 rings (SSSR count). The second-order valence-electron chi connectivity index (χ2n) is 4.86. The Morgan fingerprint density at radius 1 is 1.46 bits per heavy atom. The third kappa shape index (κ3) is 2.49. The summed E-state index contributed by atoms with van der Waals surface area (Å²) in [7, 11) is 0. The quantitative estimate of drug-likeness (QED) is 0.632. The maximum atomic E-state index is 4.01. The standard InChI is InChI=1S/C12H23N/c1-9(2)12-6-7-13(10(3)4)8-11(12)5/h9,11-12H,3,6-8H2,1-2,4-5H3. The van der Waals surface area contributed by atoms with Crippen LogP contribution in [0.5, 0.6) is 0 Å². The van der Waals surface area contributed by atoms with Crippen LogP contribution in [0.3, 0.4) is 0 Å². The van der Waals surface area contributed by atoms with Crippen molar-refractivity contribution in [1.82, 2.24) is 4.90 Å². The number of hydrogen-bond acceptors (Lipinski definition) is 1. The summed E-state index contributed by atoms with van der Waals surface area (Å²) in [4.78, 5) is 2.42. The minimum Gasteiger partial charge on any atom is -0.375 e. The topological polar surface area (TPSA) is 3.24 Å². The van der Waals surface area contributed by atoms with Gasteiger partial charge in [-0.25, -0.2) is 0 Å². The van der Waals surface area contributed by atoms with Crippen LogP contribution in [-0.2, 0) is 0 Å². The van der Waals surface area contributed by atoms with Crippen LogP contribution in [0, 0.1) is 17.8 Å². The highest BCUT2D eigenvalue weighted by Gasteiger charge is 2.27. The molecule has 1 heteroatoms. The second-order valence-corrected chi connectivity index (χ2v) is 4.86. The van der Waals surface area contributed by atoms with Crippen LogP contribution in [0.2, 0.25) is 0 Å². The van der Waals surface area contributed by atoms with Gasteiger partial charge in [0.25, 0.3) is 0 Å². The summed E-state index contributed by atoms with van der Waals surface area (Å²) in [6.07, 6.45) is 1.34. The highest BCUT2D eigenvalue weighted by molar-refractivity contribution is 4.93. The van der Waals surface area contributed by atoms with E-state index in [1.54, 1.807) is 0 Å². The van der Waals surface area contributed by atoms with Crippen LogP contribution >= 0.6 is 0 Å². The average molecular weight is 181 g/mol. The molecule has 0 aromatic heterocycles. The Kier molecular flexibility index (Phi) is 3.40. The average Bonchev–Trinajstić information content (AvgIpc) is 2.03. The predicted octanol–water partition coefficient (Wildman–Crippen LogP) is 3.13. The van der Waals surface area contributed by atoms with Gasteiger partial charge < -0.3 is 4.90 Å². The molecule has 2 atom stereocenters. The zero-order valence-corrected chi connectivity index (χ0v) is 9.51. The summed E-state index contributed by atoms with van der Waals surface area (Å²) in [6.45, 7) is 15.6. The van der Waals surface area contributed by atoms with E-state index in [0.29, 0.717) is 0 Å². The molecule has 0 amide bonds. The van der Waals surface area contributed by atoms with E-state index in [0.717, 1.165) is 17.8 Å². The number of hydrogen-bond donors (Lipinski definition) is 0. The van der Waals surface area contributed by atoms with Crippen molar-refractivity contribution in [3.63, 3.8) is 0 Å². The molecule has 0 aliphatic carbocycles. The highest BCUT2D eigenvalue weighted by Crippen LogP contribution is 2.30. The molecule has 1 aliphatic heterocycles. The van der Waals surface area contributed by atoms with Gasteiger partial charge in [-0.15, -0.1) is 0 Å². The lowest BCUT2D eigenvalue weighted by Gasteiger charge is -2.40. The first-order chi connectivity index (χ1) is 6.02. The number of piperidine rings is 1. The van der Waals surface area contributed by atoms with Crippen molar-refractivity contribution in [3.05, 3.63) is 12.3 Å². The Hall–Kier alpha value is -0.460. The monoisotopic (exact) mass is 181 g/mol. The zero-order valence-electron chi connectivity index (χ0n) is 9.51. The minimum atomic E-state index is 0.824. The van der Waals surface area contributed by atoms with E-state index >= 15 is 0 Å². The number of nitrogens with zero attached hydrogens (tertiary/aromatic N) is 1. The fraction of sp³-hybridized carbons (Fsp3) is 0.833. The van der Waals surface area contributed by atoms with Crippen molar-refractivity contribution in [2.24, 2.45) is 17.8 Å². The van der Waals surface area contributed by atoms with Crippen molar-refractivity contribution in [1.29, 1.82) is 0 Å². The Morgan fingerprint density at radius 3 is 2.46 bits per heavy atom. The normalized spacial score (nSPS) is 29.5. The van der Waals surface area contributed by atoms with Gasteiger partial charge in [0.1, 0.15) is 0 Å². The molecule has 1 aliphatic rings. The van der Waals surface area contributed by atoms with Gasteiger partial charge in [0.2, 0.25) is 0 Å². The Bertz CT molecular complexity index is 184. The Morgan fingerprint density at radius 2 is 2.08 bits per heavy atom. The van der Waals surface area contributed by atoms with Crippen LogP contribution in [0.4, 0.5) is 0 Å². The Labute approximate surface area is 82.8 Å². The fourth-order valence-electron chi connectivity index (χ4n) is 2.50. The summed E-state index contributed by atoms with van der Waals surface area (Å²) >= 11 is 0. The molecule has 2 unspecified atom stereocenters. The van der Waals surface area contributed by atoms with Crippen LogP contribution in [0.15, 0.2) is 12.3 Å². The van der Waals surface area contributed by atoms with Crippen LogP contribution in [-0.4, -0.2) is 18.0 Å². The predicted molar refractivity (Wildman–Crippen MR) is 58.5 cm³/mol. The van der Waals surface area contributed by atoms with Crippen LogP contribution < -0.4 is 0 Å². The first kappa shape index (κ1) is 10.6. The van der Waals surface area contributed by atoms with Gasteiger partial charge in [0.15, 0.2) is 0 Å². The smallest absolute Gasteiger partial charge is 0.0203 e. The lowest BCUT2D eigenvalue weighted by atomic mass is 9.79. The lowest BCUT2D eigenvalue weighted by molar-refractivity contribution is 0.127. The summed E-state index contributed by atoms with van der Waals surface area (Å²) in [5.74, 6) is 2.57. The molecule has 0 radical (unpaired) electrons. The molecule has 76 valence electrons. The summed E-state index contributed by atoms with van der Waals surface area (Å²) in [6, 6.07) is 0. The van der Waals surface area contributed by atoms with Crippen LogP contribution in [0.25, 0.3) is 0 Å². The van der Waals surface area contributed by atoms with Crippen molar-refractivity contribution < 1.29 is 0 Å². The number of rotatable bonds is 2. The molecule has 0 spiro atoms. The van der Waals surface area contributed by atoms with Gasteiger partial charge in [-0.2, -0.15) is 0 Å². The van der Waals surface area contributed by atoms with Crippen molar-refractivity contribution in [2.75, 3.05) is 13.1 Å². The van der Waals surface area contributed by atoms with E-state index < -0.39 is 0 Å². The maximum Gasteiger partial charge on any atom is 0.0203 e. The molecule has 0 aromatic rings. The molecular formula is C12H23N. The summed E-state index contributed by atoms with van der Waals surface area (Å²) < 4.78 is 0. The van der Waals surface area contributed by atoms with Gasteiger partial charge in [-0.1, -0.05) is 27.4 Å². The summed E-state index contributed by atoms with van der Waals surface area (Å²) in [5, 5.41) is 0. The molecule has 0 N–H and O–H groups in total. The van der Waals surface area contributed by atoms with E-state index in [1.165, 1.54) is 25.2 Å². The lowest BCUT2D eigenvalue weighted by Crippen LogP contribution is -2.39. The molecule has 0 aromatic carbocycles. The number of likely N-dealkylation sites (tertiary alicyclic amines) is 1. The molecule has 0 saturated carbocycles. The van der Waals surface area contributed by atoms with Crippen molar-refractivity contribution in [3.8, 4) is 0 Å². The molecule has 1 heterocycles. The first-order valence-electron chi connectivity index (χ1n) is 5.42. The van der Waals surface area contributed by atoms with Gasteiger partial charge in [0.05, 0.1) is 0 Å². The third-order valence-electron chi connectivity index (χ3n) is 3.37. The maximum absolute atomic E-state index is 4.01. The van der Waals surface area contributed by atoms with Crippen molar-refractivity contribution in [2.45, 2.75) is 34.1 Å². The van der Waals surface area contributed by atoms with Gasteiger partial charge in [0, 0.05) is 18.8 Å². The minimum absolute atomic E-state index is 0.824. The van der Waals surface area contributed by atoms with Crippen molar-refractivity contribution >= 4 is 0 Å². The zero-order chi connectivity index (χ0) is 10.0. The van der Waals surface area contributed by atoms with E-state index in [2.05, 4.69) is 39.2 Å². The highest BCUT2D eigenvalue weighted by atomic mass is 15.1. The SMILES string of the molecule is C=C(C)N1CCC(C(C)C)C(C)C1. The van der Waals surface area contributed by atoms with E-state index in [9.17, 15) is 0 Å². The Balaban J connectivity index is 2.51. The molecule has 0 bridgehead atoms. The molecule has 13 heavy (non-hydrogen) atoms. The fourth-order valence-corrected chi connectivity index (χ4v) is 2.50. The third-order valence-corrected chi connectivity index (χ3v) is 3.37. The molecule has 1 saturated heterocycles. The summed E-state index contributed by atoms with van der Waals surface area (Å²) in [5.41, 5.74) is 1.23. The van der Waals surface area contributed by atoms with E-state index in [1.807, 2.05) is 0 Å². The largest absolute Gasteiger partial charge is 0.375 e. The van der Waals surface area contributed by atoms with Gasteiger partial charge in [-0.3, -0.25) is 0 Å². The van der Waals surface area contributed by atoms with Crippen LogP contribution in [0.1, 0.15) is 34.1 Å². The van der Waals surface area contributed by atoms with E-state index in [-0.39, 0.29) is 0 Å². The van der Waals surface area contributed by atoms with E-state index in [4.69, 9.17) is 0 Å². The molecular weight excluding hydrogens is 158 g/mol.